The number of carbonyl (C=O) groups is 1. The summed E-state index contributed by atoms with van der Waals surface area (Å²) in [7, 11) is 0. The molecule has 0 unspecified atom stereocenters. The van der Waals surface area contributed by atoms with E-state index in [4.69, 9.17) is 4.74 Å². The Morgan fingerprint density at radius 1 is 1.20 bits per heavy atom. The van der Waals surface area contributed by atoms with Crippen molar-refractivity contribution >= 4 is 27.9 Å². The number of nitro groups is 1. The highest BCUT2D eigenvalue weighted by Gasteiger charge is 2.14. The van der Waals surface area contributed by atoms with Gasteiger partial charge >= 0.3 is 0 Å². The number of rotatable bonds is 4. The summed E-state index contributed by atoms with van der Waals surface area (Å²) in [5.41, 5.74) is -0.421. The predicted octanol–water partition coefficient (Wildman–Crippen LogP) is 4.10. The lowest BCUT2D eigenvalue weighted by molar-refractivity contribution is -0.385. The van der Waals surface area contributed by atoms with Crippen LogP contribution in [0.4, 0.5) is 10.1 Å². The van der Waals surface area contributed by atoms with Crippen molar-refractivity contribution in [2.75, 3.05) is 0 Å². The van der Waals surface area contributed by atoms with E-state index < -0.39 is 10.7 Å². The maximum absolute atomic E-state index is 13.2. The SMILES string of the molecule is O=Cc1cc(Oc2cc(F)cc(Br)c2)ccc1[N+](=O)[O-]. The van der Waals surface area contributed by atoms with Crippen LogP contribution in [-0.2, 0) is 0 Å². The van der Waals surface area contributed by atoms with Gasteiger partial charge in [-0.3, -0.25) is 14.9 Å². The van der Waals surface area contributed by atoms with E-state index in [2.05, 4.69) is 15.9 Å². The Labute approximate surface area is 121 Å². The molecule has 0 saturated carbocycles. The molecule has 5 nitrogen and oxygen atoms in total. The fourth-order valence-electron chi connectivity index (χ4n) is 1.58. The van der Waals surface area contributed by atoms with Crippen molar-refractivity contribution in [3.05, 3.63) is 62.4 Å². The fourth-order valence-corrected chi connectivity index (χ4v) is 2.02. The molecule has 2 rings (SSSR count). The Kier molecular flexibility index (Phi) is 4.09. The van der Waals surface area contributed by atoms with E-state index in [1.807, 2.05) is 0 Å². The van der Waals surface area contributed by atoms with Gasteiger partial charge in [0, 0.05) is 16.6 Å². The van der Waals surface area contributed by atoms with Gasteiger partial charge in [0.05, 0.1) is 10.5 Å². The van der Waals surface area contributed by atoms with Crippen LogP contribution < -0.4 is 4.74 Å². The lowest BCUT2D eigenvalue weighted by atomic mass is 10.2. The summed E-state index contributed by atoms with van der Waals surface area (Å²) >= 11 is 3.12. The second-order valence-electron chi connectivity index (χ2n) is 3.80. The summed E-state index contributed by atoms with van der Waals surface area (Å²) in [6, 6.07) is 7.68. The lowest BCUT2D eigenvalue weighted by Gasteiger charge is -2.07. The molecule has 7 heteroatoms. The van der Waals surface area contributed by atoms with Crippen molar-refractivity contribution in [2.24, 2.45) is 0 Å². The molecule has 20 heavy (non-hydrogen) atoms. The van der Waals surface area contributed by atoms with Crippen LogP contribution in [0.25, 0.3) is 0 Å². The minimum Gasteiger partial charge on any atom is -0.457 e. The number of halogens is 2. The summed E-state index contributed by atoms with van der Waals surface area (Å²) in [6.45, 7) is 0. The van der Waals surface area contributed by atoms with Crippen LogP contribution in [-0.4, -0.2) is 11.2 Å². The van der Waals surface area contributed by atoms with Gasteiger partial charge in [-0.25, -0.2) is 4.39 Å². The minimum atomic E-state index is -0.660. The zero-order valence-corrected chi connectivity index (χ0v) is 11.5. The van der Waals surface area contributed by atoms with Gasteiger partial charge in [-0.05, 0) is 24.3 Å². The number of hydrogen-bond donors (Lipinski definition) is 0. The first kappa shape index (κ1) is 14.1. The predicted molar refractivity (Wildman–Crippen MR) is 72.7 cm³/mol. The van der Waals surface area contributed by atoms with Gasteiger partial charge in [0.15, 0.2) is 6.29 Å². The maximum atomic E-state index is 13.2. The zero-order valence-electron chi connectivity index (χ0n) is 9.88. The van der Waals surface area contributed by atoms with E-state index in [0.29, 0.717) is 10.8 Å². The monoisotopic (exact) mass is 339 g/mol. The maximum Gasteiger partial charge on any atom is 0.280 e. The highest BCUT2D eigenvalue weighted by atomic mass is 79.9. The number of aldehydes is 1. The average molecular weight is 340 g/mol. The molecule has 0 amide bonds. The summed E-state index contributed by atoms with van der Waals surface area (Å²) in [5, 5.41) is 10.7. The largest absolute Gasteiger partial charge is 0.457 e. The fraction of sp³-hybridized carbons (Fsp3) is 0. The molecule has 0 N–H and O–H groups in total. The van der Waals surface area contributed by atoms with Crippen molar-refractivity contribution in [1.29, 1.82) is 0 Å². The second kappa shape index (κ2) is 5.79. The molecule has 0 aliphatic heterocycles. The van der Waals surface area contributed by atoms with Gasteiger partial charge in [-0.2, -0.15) is 0 Å². The summed E-state index contributed by atoms with van der Waals surface area (Å²) in [6.07, 6.45) is 0.368. The Balaban J connectivity index is 2.34. The van der Waals surface area contributed by atoms with Crippen LogP contribution in [0, 0.1) is 15.9 Å². The Hall–Kier alpha value is -2.28. The van der Waals surface area contributed by atoms with Crippen LogP contribution in [0.1, 0.15) is 10.4 Å². The average Bonchev–Trinajstić information content (AvgIpc) is 2.37. The van der Waals surface area contributed by atoms with Crippen LogP contribution in [0.2, 0.25) is 0 Å². The first-order valence-electron chi connectivity index (χ1n) is 5.37. The van der Waals surface area contributed by atoms with Crippen molar-refractivity contribution in [3.8, 4) is 11.5 Å². The standard InChI is InChI=1S/C13H7BrFNO4/c14-9-4-10(15)6-12(5-9)20-11-1-2-13(16(18)19)8(3-11)7-17/h1-7H. The summed E-state index contributed by atoms with van der Waals surface area (Å²) in [4.78, 5) is 20.8. The third-order valence-corrected chi connectivity index (χ3v) is 2.85. The van der Waals surface area contributed by atoms with Crippen molar-refractivity contribution in [1.82, 2.24) is 0 Å². The van der Waals surface area contributed by atoms with Gasteiger partial charge in [-0.1, -0.05) is 15.9 Å². The highest BCUT2D eigenvalue weighted by molar-refractivity contribution is 9.10. The van der Waals surface area contributed by atoms with E-state index in [1.165, 1.54) is 24.3 Å². The number of benzene rings is 2. The highest BCUT2D eigenvalue weighted by Crippen LogP contribution is 2.29. The Bertz CT molecular complexity index is 670. The molecular weight excluding hydrogens is 333 g/mol. The number of nitro benzene ring substituents is 1. The molecule has 0 atom stereocenters. The van der Waals surface area contributed by atoms with E-state index in [9.17, 15) is 19.3 Å². The van der Waals surface area contributed by atoms with Crippen molar-refractivity contribution < 1.29 is 18.8 Å². The quantitative estimate of drug-likeness (QED) is 0.477. The molecule has 0 aliphatic rings. The molecule has 0 bridgehead atoms. The Morgan fingerprint density at radius 2 is 1.95 bits per heavy atom. The summed E-state index contributed by atoms with van der Waals surface area (Å²) < 4.78 is 19.0. The molecule has 0 fully saturated rings. The minimum absolute atomic E-state index is 0.108. The van der Waals surface area contributed by atoms with Gasteiger partial charge in [-0.15, -0.1) is 0 Å². The number of carbonyl (C=O) groups excluding carboxylic acids is 1. The lowest BCUT2D eigenvalue weighted by Crippen LogP contribution is -1.95. The van der Waals surface area contributed by atoms with Crippen LogP contribution in [0.5, 0.6) is 11.5 Å². The molecule has 0 aliphatic carbocycles. The molecule has 0 heterocycles. The first-order valence-corrected chi connectivity index (χ1v) is 6.16. The molecule has 2 aromatic rings. The summed E-state index contributed by atoms with van der Waals surface area (Å²) in [5.74, 6) is -0.0790. The Morgan fingerprint density at radius 3 is 2.55 bits per heavy atom. The van der Waals surface area contributed by atoms with Crippen molar-refractivity contribution in [2.45, 2.75) is 0 Å². The van der Waals surface area contributed by atoms with Gasteiger partial charge in [0.25, 0.3) is 5.69 Å². The third-order valence-electron chi connectivity index (χ3n) is 2.39. The number of hydrogen-bond acceptors (Lipinski definition) is 4. The van der Waals surface area contributed by atoms with E-state index in [-0.39, 0.29) is 22.7 Å². The normalized spacial score (nSPS) is 10.1. The molecule has 102 valence electrons. The molecule has 0 saturated heterocycles. The van der Waals surface area contributed by atoms with Crippen molar-refractivity contribution in [3.63, 3.8) is 0 Å². The molecule has 0 aromatic heterocycles. The van der Waals surface area contributed by atoms with Gasteiger partial charge in [0.2, 0.25) is 0 Å². The van der Waals surface area contributed by atoms with E-state index in [0.717, 1.165) is 12.1 Å². The smallest absolute Gasteiger partial charge is 0.280 e. The number of ether oxygens (including phenoxy) is 1. The van der Waals surface area contributed by atoms with Gasteiger partial charge in [0.1, 0.15) is 17.3 Å². The second-order valence-corrected chi connectivity index (χ2v) is 4.72. The van der Waals surface area contributed by atoms with Crippen LogP contribution in [0.15, 0.2) is 40.9 Å². The van der Waals surface area contributed by atoms with E-state index in [1.54, 1.807) is 0 Å². The van der Waals surface area contributed by atoms with E-state index >= 15 is 0 Å². The van der Waals surface area contributed by atoms with Crippen LogP contribution in [0.3, 0.4) is 0 Å². The zero-order chi connectivity index (χ0) is 14.7. The number of nitrogens with zero attached hydrogens (tertiary/aromatic N) is 1. The van der Waals surface area contributed by atoms with Crippen LogP contribution >= 0.6 is 15.9 Å². The third kappa shape index (κ3) is 3.18. The topological polar surface area (TPSA) is 69.4 Å². The first-order chi connectivity index (χ1) is 9.49. The molecule has 0 radical (unpaired) electrons. The molecular formula is C13H7BrFNO4. The van der Waals surface area contributed by atoms with Gasteiger partial charge < -0.3 is 4.74 Å². The molecule has 2 aromatic carbocycles. The molecule has 0 spiro atoms.